The predicted molar refractivity (Wildman–Crippen MR) is 72.8 cm³/mol. The van der Waals surface area contributed by atoms with Crippen molar-refractivity contribution in [3.8, 4) is 11.5 Å². The quantitative estimate of drug-likeness (QED) is 0.639. The normalized spacial score (nSPS) is 10.9. The molecule has 0 saturated carbocycles. The van der Waals surface area contributed by atoms with Gasteiger partial charge >= 0.3 is 0 Å². The molecule has 2 aromatic rings. The Balaban J connectivity index is 2.21. The second kappa shape index (κ2) is 5.36. The van der Waals surface area contributed by atoms with Crippen molar-refractivity contribution in [2.75, 3.05) is 0 Å². The van der Waals surface area contributed by atoms with Gasteiger partial charge in [-0.05, 0) is 36.2 Å². The SMILES string of the molecule is CCc1ccc(N=Cc2cccc(O)c2O)cc1. The van der Waals surface area contributed by atoms with E-state index in [1.807, 2.05) is 24.3 Å². The molecule has 18 heavy (non-hydrogen) atoms. The number of phenolic OH excluding ortho intramolecular Hbond substituents is 2. The topological polar surface area (TPSA) is 52.8 Å². The minimum atomic E-state index is -0.147. The third kappa shape index (κ3) is 2.69. The first-order valence-corrected chi connectivity index (χ1v) is 5.84. The summed E-state index contributed by atoms with van der Waals surface area (Å²) in [6.07, 6.45) is 2.54. The van der Waals surface area contributed by atoms with Crippen LogP contribution in [0.4, 0.5) is 5.69 Å². The van der Waals surface area contributed by atoms with E-state index in [0.717, 1.165) is 12.1 Å². The number of rotatable bonds is 3. The molecule has 0 amide bonds. The van der Waals surface area contributed by atoms with Gasteiger partial charge in [0.2, 0.25) is 0 Å². The fourth-order valence-electron chi connectivity index (χ4n) is 1.61. The summed E-state index contributed by atoms with van der Waals surface area (Å²) in [5, 5.41) is 19.0. The third-order valence-electron chi connectivity index (χ3n) is 2.74. The lowest BCUT2D eigenvalue weighted by molar-refractivity contribution is 0.403. The van der Waals surface area contributed by atoms with Crippen LogP contribution in [0.15, 0.2) is 47.5 Å². The number of hydrogen-bond acceptors (Lipinski definition) is 3. The molecule has 0 aromatic heterocycles. The lowest BCUT2D eigenvalue weighted by Gasteiger charge is -2.01. The van der Waals surface area contributed by atoms with Gasteiger partial charge in [-0.15, -0.1) is 0 Å². The number of aryl methyl sites for hydroxylation is 1. The van der Waals surface area contributed by atoms with Gasteiger partial charge in [-0.2, -0.15) is 0 Å². The zero-order chi connectivity index (χ0) is 13.0. The average Bonchev–Trinajstić information content (AvgIpc) is 2.41. The van der Waals surface area contributed by atoms with Gasteiger partial charge in [-0.3, -0.25) is 4.99 Å². The molecule has 2 aromatic carbocycles. The minimum Gasteiger partial charge on any atom is -0.504 e. The highest BCUT2D eigenvalue weighted by atomic mass is 16.3. The van der Waals surface area contributed by atoms with Gasteiger partial charge in [0.25, 0.3) is 0 Å². The molecule has 3 heteroatoms. The van der Waals surface area contributed by atoms with Crippen LogP contribution >= 0.6 is 0 Å². The number of benzene rings is 2. The summed E-state index contributed by atoms with van der Waals surface area (Å²) >= 11 is 0. The number of phenols is 2. The zero-order valence-electron chi connectivity index (χ0n) is 10.2. The van der Waals surface area contributed by atoms with Crippen molar-refractivity contribution in [1.29, 1.82) is 0 Å². The maximum atomic E-state index is 9.62. The molecule has 2 N–H and O–H groups in total. The molecule has 0 aliphatic heterocycles. The molecule has 0 aliphatic rings. The van der Waals surface area contributed by atoms with Crippen LogP contribution in [0.25, 0.3) is 0 Å². The lowest BCUT2D eigenvalue weighted by Crippen LogP contribution is -1.82. The monoisotopic (exact) mass is 241 g/mol. The number of hydrogen-bond donors (Lipinski definition) is 2. The van der Waals surface area contributed by atoms with Crippen molar-refractivity contribution < 1.29 is 10.2 Å². The number of para-hydroxylation sites is 1. The molecule has 0 unspecified atom stereocenters. The maximum absolute atomic E-state index is 9.62. The van der Waals surface area contributed by atoms with Crippen LogP contribution in [0, 0.1) is 0 Å². The molecular weight excluding hydrogens is 226 g/mol. The second-order valence-electron chi connectivity index (χ2n) is 3.99. The number of aliphatic imine (C=N–C) groups is 1. The molecule has 2 rings (SSSR count). The predicted octanol–water partition coefficient (Wildman–Crippen LogP) is 3.41. The highest BCUT2D eigenvalue weighted by Crippen LogP contribution is 2.27. The lowest BCUT2D eigenvalue weighted by atomic mass is 10.1. The highest BCUT2D eigenvalue weighted by molar-refractivity contribution is 5.86. The van der Waals surface area contributed by atoms with Crippen LogP contribution in [0.2, 0.25) is 0 Å². The molecule has 0 heterocycles. The Morgan fingerprint density at radius 2 is 1.78 bits per heavy atom. The van der Waals surface area contributed by atoms with Gasteiger partial charge < -0.3 is 10.2 Å². The summed E-state index contributed by atoms with van der Waals surface area (Å²) in [6.45, 7) is 2.10. The van der Waals surface area contributed by atoms with Crippen molar-refractivity contribution >= 4 is 11.9 Å². The smallest absolute Gasteiger partial charge is 0.166 e. The Morgan fingerprint density at radius 3 is 2.44 bits per heavy atom. The van der Waals surface area contributed by atoms with E-state index < -0.39 is 0 Å². The minimum absolute atomic E-state index is 0.139. The van der Waals surface area contributed by atoms with Gasteiger partial charge in [0.05, 0.1) is 5.69 Å². The van der Waals surface area contributed by atoms with Crippen LogP contribution in [-0.2, 0) is 6.42 Å². The van der Waals surface area contributed by atoms with Crippen LogP contribution < -0.4 is 0 Å². The summed E-state index contributed by atoms with van der Waals surface area (Å²) in [5.41, 5.74) is 2.57. The molecule has 92 valence electrons. The molecule has 0 atom stereocenters. The molecular formula is C15H15NO2. The number of nitrogens with zero attached hydrogens (tertiary/aromatic N) is 1. The van der Waals surface area contributed by atoms with E-state index >= 15 is 0 Å². The van der Waals surface area contributed by atoms with E-state index in [1.165, 1.54) is 17.8 Å². The Bertz CT molecular complexity index is 559. The van der Waals surface area contributed by atoms with Crippen LogP contribution in [0.3, 0.4) is 0 Å². The fourth-order valence-corrected chi connectivity index (χ4v) is 1.61. The van der Waals surface area contributed by atoms with E-state index in [4.69, 9.17) is 0 Å². The zero-order valence-corrected chi connectivity index (χ0v) is 10.2. The van der Waals surface area contributed by atoms with Gasteiger partial charge in [0, 0.05) is 11.8 Å². The van der Waals surface area contributed by atoms with Crippen molar-refractivity contribution in [2.45, 2.75) is 13.3 Å². The van der Waals surface area contributed by atoms with Crippen LogP contribution in [0.5, 0.6) is 11.5 Å². The molecule has 0 spiro atoms. The highest BCUT2D eigenvalue weighted by Gasteiger charge is 2.02. The summed E-state index contributed by atoms with van der Waals surface area (Å²) in [4.78, 5) is 4.26. The summed E-state index contributed by atoms with van der Waals surface area (Å²) < 4.78 is 0. The Labute approximate surface area is 106 Å². The standard InChI is InChI=1S/C15H15NO2/c1-2-11-6-8-13(9-7-11)16-10-12-4-3-5-14(17)15(12)18/h3-10,17-18H,2H2,1H3. The third-order valence-corrected chi connectivity index (χ3v) is 2.74. The Morgan fingerprint density at radius 1 is 1.06 bits per heavy atom. The Hall–Kier alpha value is -2.29. The summed E-state index contributed by atoms with van der Waals surface area (Å²) in [5.74, 6) is -0.285. The molecule has 0 radical (unpaired) electrons. The van der Waals surface area contributed by atoms with Crippen molar-refractivity contribution in [1.82, 2.24) is 0 Å². The largest absolute Gasteiger partial charge is 0.504 e. The van der Waals surface area contributed by atoms with E-state index in [2.05, 4.69) is 11.9 Å². The summed E-state index contributed by atoms with van der Waals surface area (Å²) in [7, 11) is 0. The molecule has 0 bridgehead atoms. The first kappa shape index (κ1) is 12.2. The number of aromatic hydroxyl groups is 2. The average molecular weight is 241 g/mol. The van der Waals surface area contributed by atoms with Crippen molar-refractivity contribution in [3.05, 3.63) is 53.6 Å². The van der Waals surface area contributed by atoms with Gasteiger partial charge in [0.15, 0.2) is 11.5 Å². The molecule has 0 fully saturated rings. The maximum Gasteiger partial charge on any atom is 0.166 e. The molecule has 0 aliphatic carbocycles. The van der Waals surface area contributed by atoms with Gasteiger partial charge in [0.1, 0.15) is 0 Å². The van der Waals surface area contributed by atoms with Crippen LogP contribution in [-0.4, -0.2) is 16.4 Å². The Kier molecular flexibility index (Phi) is 3.63. The van der Waals surface area contributed by atoms with E-state index in [9.17, 15) is 10.2 Å². The molecule has 0 saturated heterocycles. The fraction of sp³-hybridized carbons (Fsp3) is 0.133. The van der Waals surface area contributed by atoms with Crippen molar-refractivity contribution in [2.24, 2.45) is 4.99 Å². The first-order valence-electron chi connectivity index (χ1n) is 5.84. The van der Waals surface area contributed by atoms with Gasteiger partial charge in [-0.1, -0.05) is 25.1 Å². The first-order chi connectivity index (χ1) is 8.70. The van der Waals surface area contributed by atoms with E-state index in [-0.39, 0.29) is 11.5 Å². The second-order valence-corrected chi connectivity index (χ2v) is 3.99. The van der Waals surface area contributed by atoms with E-state index in [1.54, 1.807) is 12.1 Å². The van der Waals surface area contributed by atoms with Crippen molar-refractivity contribution in [3.63, 3.8) is 0 Å². The van der Waals surface area contributed by atoms with E-state index in [0.29, 0.717) is 5.56 Å². The summed E-state index contributed by atoms with van der Waals surface area (Å²) in [6, 6.07) is 12.7. The molecule has 3 nitrogen and oxygen atoms in total. The van der Waals surface area contributed by atoms with Crippen LogP contribution in [0.1, 0.15) is 18.1 Å². The van der Waals surface area contributed by atoms with Gasteiger partial charge in [-0.25, -0.2) is 0 Å².